The highest BCUT2D eigenvalue weighted by molar-refractivity contribution is 4.94. The smallest absolute Gasteiger partial charge is 0.0200 e. The molecule has 3 aliphatic rings. The van der Waals surface area contributed by atoms with Crippen molar-refractivity contribution >= 4 is 0 Å². The standard InChI is InChI=1S/C17H32N2/c1-17(2,3)10-13-9-15(18-14-7-8-14)12-19(11-13)16-5-4-6-16/h13-16,18H,4-12H2,1-3H3. The van der Waals surface area contributed by atoms with Crippen LogP contribution in [0.25, 0.3) is 0 Å². The van der Waals surface area contributed by atoms with Gasteiger partial charge in [0.05, 0.1) is 0 Å². The minimum Gasteiger partial charge on any atom is -0.310 e. The number of rotatable bonds is 4. The molecule has 1 N–H and O–H groups in total. The Morgan fingerprint density at radius 3 is 2.26 bits per heavy atom. The van der Waals surface area contributed by atoms with Gasteiger partial charge in [-0.15, -0.1) is 0 Å². The highest BCUT2D eigenvalue weighted by atomic mass is 15.2. The summed E-state index contributed by atoms with van der Waals surface area (Å²) in [5.41, 5.74) is 0.484. The first-order valence-corrected chi connectivity index (χ1v) is 8.50. The van der Waals surface area contributed by atoms with Crippen molar-refractivity contribution in [2.45, 2.75) is 83.8 Å². The minimum absolute atomic E-state index is 0.484. The van der Waals surface area contributed by atoms with Crippen LogP contribution in [0.1, 0.15) is 65.7 Å². The van der Waals surface area contributed by atoms with Crippen LogP contribution in [0.3, 0.4) is 0 Å². The van der Waals surface area contributed by atoms with E-state index < -0.39 is 0 Å². The van der Waals surface area contributed by atoms with Crippen LogP contribution in [0.4, 0.5) is 0 Å². The van der Waals surface area contributed by atoms with Gasteiger partial charge in [-0.2, -0.15) is 0 Å². The number of nitrogens with one attached hydrogen (secondary N) is 1. The summed E-state index contributed by atoms with van der Waals surface area (Å²) in [7, 11) is 0. The normalized spacial score (nSPS) is 34.3. The Kier molecular flexibility index (Phi) is 3.92. The molecule has 2 unspecified atom stereocenters. The number of nitrogens with zero attached hydrogens (tertiary/aromatic N) is 1. The zero-order valence-corrected chi connectivity index (χ0v) is 13.1. The Balaban J connectivity index is 1.58. The quantitative estimate of drug-likeness (QED) is 0.837. The zero-order valence-electron chi connectivity index (χ0n) is 13.1. The monoisotopic (exact) mass is 264 g/mol. The van der Waals surface area contributed by atoms with Crippen molar-refractivity contribution in [1.29, 1.82) is 0 Å². The molecule has 3 rings (SSSR count). The van der Waals surface area contributed by atoms with Gasteiger partial charge in [0.25, 0.3) is 0 Å². The predicted molar refractivity (Wildman–Crippen MR) is 81.3 cm³/mol. The highest BCUT2D eigenvalue weighted by Gasteiger charge is 2.36. The van der Waals surface area contributed by atoms with Crippen molar-refractivity contribution in [3.05, 3.63) is 0 Å². The lowest BCUT2D eigenvalue weighted by molar-refractivity contribution is 0.0458. The molecule has 110 valence electrons. The summed E-state index contributed by atoms with van der Waals surface area (Å²) in [6, 6.07) is 2.56. The van der Waals surface area contributed by atoms with Crippen LogP contribution in [0.2, 0.25) is 0 Å². The molecule has 2 heteroatoms. The van der Waals surface area contributed by atoms with Crippen LogP contribution in [0.15, 0.2) is 0 Å². The molecule has 3 fully saturated rings. The lowest BCUT2D eigenvalue weighted by Crippen LogP contribution is -2.55. The second kappa shape index (κ2) is 5.37. The Hall–Kier alpha value is -0.0800. The van der Waals surface area contributed by atoms with E-state index in [0.29, 0.717) is 5.41 Å². The number of hydrogen-bond donors (Lipinski definition) is 1. The molecule has 2 atom stereocenters. The zero-order chi connectivity index (χ0) is 13.5. The lowest BCUT2D eigenvalue weighted by atomic mass is 9.78. The fraction of sp³-hybridized carbons (Fsp3) is 1.00. The third-order valence-electron chi connectivity index (χ3n) is 5.11. The van der Waals surface area contributed by atoms with Crippen LogP contribution in [0.5, 0.6) is 0 Å². The first-order chi connectivity index (χ1) is 8.99. The Morgan fingerprint density at radius 1 is 1.00 bits per heavy atom. The minimum atomic E-state index is 0.484. The van der Waals surface area contributed by atoms with E-state index in [9.17, 15) is 0 Å². The molecular formula is C17H32N2. The first-order valence-electron chi connectivity index (χ1n) is 8.50. The molecular weight excluding hydrogens is 232 g/mol. The summed E-state index contributed by atoms with van der Waals surface area (Å²) in [6.07, 6.45) is 10.0. The van der Waals surface area contributed by atoms with Gasteiger partial charge in [0.2, 0.25) is 0 Å². The second-order valence-electron chi connectivity index (χ2n) is 8.54. The van der Waals surface area contributed by atoms with Crippen LogP contribution < -0.4 is 5.32 Å². The van der Waals surface area contributed by atoms with Crippen molar-refractivity contribution in [2.24, 2.45) is 11.3 Å². The average Bonchev–Trinajstić information content (AvgIpc) is 2.95. The lowest BCUT2D eigenvalue weighted by Gasteiger charge is -2.46. The maximum atomic E-state index is 3.90. The molecule has 1 saturated heterocycles. The van der Waals surface area contributed by atoms with Crippen LogP contribution in [0, 0.1) is 11.3 Å². The van der Waals surface area contributed by atoms with Gasteiger partial charge in [-0.25, -0.2) is 0 Å². The van der Waals surface area contributed by atoms with E-state index in [1.165, 1.54) is 58.0 Å². The topological polar surface area (TPSA) is 15.3 Å². The average molecular weight is 264 g/mol. The molecule has 0 aromatic rings. The van der Waals surface area contributed by atoms with E-state index >= 15 is 0 Å². The van der Waals surface area contributed by atoms with Crippen molar-refractivity contribution in [1.82, 2.24) is 10.2 Å². The SMILES string of the molecule is CC(C)(C)CC1CC(NC2CC2)CN(C2CCC2)C1. The highest BCUT2D eigenvalue weighted by Crippen LogP contribution is 2.35. The molecule has 2 aliphatic carbocycles. The maximum Gasteiger partial charge on any atom is 0.0200 e. The van der Waals surface area contributed by atoms with Crippen molar-refractivity contribution in [3.8, 4) is 0 Å². The summed E-state index contributed by atoms with van der Waals surface area (Å²) in [4.78, 5) is 2.82. The maximum absolute atomic E-state index is 3.90. The van der Waals surface area contributed by atoms with Gasteiger partial charge in [0, 0.05) is 31.2 Å². The van der Waals surface area contributed by atoms with Gasteiger partial charge in [-0.05, 0) is 49.9 Å². The Bertz CT molecular complexity index is 299. The van der Waals surface area contributed by atoms with E-state index in [2.05, 4.69) is 31.0 Å². The van der Waals surface area contributed by atoms with E-state index in [-0.39, 0.29) is 0 Å². The molecule has 0 radical (unpaired) electrons. The fourth-order valence-electron chi connectivity index (χ4n) is 4.01. The number of likely N-dealkylation sites (tertiary alicyclic amines) is 1. The van der Waals surface area contributed by atoms with Crippen molar-refractivity contribution in [2.75, 3.05) is 13.1 Å². The molecule has 2 saturated carbocycles. The molecule has 19 heavy (non-hydrogen) atoms. The van der Waals surface area contributed by atoms with E-state index in [0.717, 1.165) is 24.0 Å². The summed E-state index contributed by atoms with van der Waals surface area (Å²) in [6.45, 7) is 9.89. The molecule has 1 heterocycles. The van der Waals surface area contributed by atoms with Gasteiger partial charge in [-0.3, -0.25) is 4.90 Å². The number of hydrogen-bond acceptors (Lipinski definition) is 2. The summed E-state index contributed by atoms with van der Waals surface area (Å²) >= 11 is 0. The van der Waals surface area contributed by atoms with Gasteiger partial charge in [0.15, 0.2) is 0 Å². The third kappa shape index (κ3) is 3.95. The largest absolute Gasteiger partial charge is 0.310 e. The Morgan fingerprint density at radius 2 is 1.74 bits per heavy atom. The first kappa shape index (κ1) is 13.9. The van der Waals surface area contributed by atoms with Gasteiger partial charge < -0.3 is 5.32 Å². The van der Waals surface area contributed by atoms with Crippen LogP contribution >= 0.6 is 0 Å². The summed E-state index contributed by atoms with van der Waals surface area (Å²) < 4.78 is 0. The third-order valence-corrected chi connectivity index (χ3v) is 5.11. The Labute approximate surface area is 119 Å². The molecule has 0 aromatic heterocycles. The molecule has 2 nitrogen and oxygen atoms in total. The van der Waals surface area contributed by atoms with E-state index in [1.54, 1.807) is 0 Å². The van der Waals surface area contributed by atoms with Gasteiger partial charge in [-0.1, -0.05) is 27.2 Å². The molecule has 0 bridgehead atoms. The predicted octanol–water partition coefficient (Wildman–Crippen LogP) is 3.42. The second-order valence-corrected chi connectivity index (χ2v) is 8.54. The van der Waals surface area contributed by atoms with Crippen molar-refractivity contribution in [3.63, 3.8) is 0 Å². The van der Waals surface area contributed by atoms with Crippen molar-refractivity contribution < 1.29 is 0 Å². The van der Waals surface area contributed by atoms with Crippen LogP contribution in [-0.4, -0.2) is 36.1 Å². The molecule has 1 aliphatic heterocycles. The van der Waals surface area contributed by atoms with Gasteiger partial charge >= 0.3 is 0 Å². The van der Waals surface area contributed by atoms with E-state index in [1.807, 2.05) is 0 Å². The fourth-order valence-corrected chi connectivity index (χ4v) is 4.01. The molecule has 0 aromatic carbocycles. The summed E-state index contributed by atoms with van der Waals surface area (Å²) in [5.74, 6) is 0.908. The molecule has 0 amide bonds. The summed E-state index contributed by atoms with van der Waals surface area (Å²) in [5, 5.41) is 3.90. The van der Waals surface area contributed by atoms with Crippen LogP contribution in [-0.2, 0) is 0 Å². The van der Waals surface area contributed by atoms with Gasteiger partial charge in [0.1, 0.15) is 0 Å². The van der Waals surface area contributed by atoms with E-state index in [4.69, 9.17) is 0 Å². The molecule has 0 spiro atoms. The number of piperidine rings is 1.